The average molecular weight is 738 g/mol. The number of fused-ring (bicyclic) bond motifs is 6. The molecule has 3 heterocycles. The van der Waals surface area contributed by atoms with Crippen LogP contribution < -0.4 is 0 Å². The van der Waals surface area contributed by atoms with E-state index in [0.717, 1.165) is 69.9 Å². The Morgan fingerprint density at radius 1 is 0.411 bits per heavy atom. The zero-order valence-corrected chi connectivity index (χ0v) is 30.6. The Morgan fingerprint density at radius 2 is 1.00 bits per heavy atom. The van der Waals surface area contributed by atoms with Crippen LogP contribution in [-0.4, -0.2) is 19.5 Å². The maximum Gasteiger partial charge on any atom is 0.165 e. The van der Waals surface area contributed by atoms with Crippen molar-refractivity contribution in [1.29, 1.82) is 0 Å². The summed E-state index contributed by atoms with van der Waals surface area (Å²) in [7, 11) is 0. The van der Waals surface area contributed by atoms with E-state index in [0.29, 0.717) is 28.6 Å². The molecule has 11 rings (SSSR count). The van der Waals surface area contributed by atoms with Gasteiger partial charge in [-0.3, -0.25) is 0 Å². The largest absolute Gasteiger partial charge is 0.309 e. The molecule has 11 aromatic rings. The van der Waals surface area contributed by atoms with Gasteiger partial charge in [0.05, 0.1) is 17.9 Å². The summed E-state index contributed by atoms with van der Waals surface area (Å²) in [6.07, 6.45) is 0. The highest BCUT2D eigenvalue weighted by Crippen LogP contribution is 2.44. The van der Waals surface area contributed by atoms with Gasteiger partial charge >= 0.3 is 0 Å². The summed E-state index contributed by atoms with van der Waals surface area (Å²) in [4.78, 5) is 15.5. The van der Waals surface area contributed by atoms with E-state index < -0.39 is 6.04 Å². The van der Waals surface area contributed by atoms with Gasteiger partial charge in [0.1, 0.15) is 0 Å². The van der Waals surface area contributed by atoms with E-state index in [9.17, 15) is 0 Å². The first-order valence-electron chi connectivity index (χ1n) is 20.9. The van der Waals surface area contributed by atoms with Gasteiger partial charge in [0.25, 0.3) is 0 Å². The minimum atomic E-state index is -0.434. The third-order valence-corrected chi connectivity index (χ3v) is 11.5. The van der Waals surface area contributed by atoms with Gasteiger partial charge in [-0.2, -0.15) is 0 Å². The standard InChI is InChI=1S/C51H32N4S/c1-4-15-33(16-5-1)36-21-14-22-38(29-36)50-52-49(35-19-8-3-9-20-35)53-51(54-50)44-32-39(55-45-25-12-10-23-40(45)41-24-11-13-26-46(41)55)31-43-42-28-27-37(30-47(42)56-48(43)44)34-17-6-2-7-18-34/h1-32H/i1D,4D,5D,15D,16D. The van der Waals surface area contributed by atoms with Gasteiger partial charge in [-0.1, -0.05) is 158 Å². The molecular weight excluding hydrogens is 701 g/mol. The van der Waals surface area contributed by atoms with Crippen LogP contribution in [0.15, 0.2) is 194 Å². The molecule has 0 saturated carbocycles. The van der Waals surface area contributed by atoms with Crippen molar-refractivity contribution in [1.82, 2.24) is 19.5 Å². The zero-order valence-electron chi connectivity index (χ0n) is 34.8. The molecule has 0 radical (unpaired) electrons. The molecule has 0 aliphatic carbocycles. The molecular formula is C51H32N4S. The lowest BCUT2D eigenvalue weighted by atomic mass is 10.0. The molecule has 0 saturated heterocycles. The first-order chi connectivity index (χ1) is 29.8. The number of nitrogens with zero attached hydrogens (tertiary/aromatic N) is 4. The molecule has 0 fully saturated rings. The van der Waals surface area contributed by atoms with Crippen molar-refractivity contribution in [3.8, 4) is 62.1 Å². The number of aromatic nitrogens is 4. The summed E-state index contributed by atoms with van der Waals surface area (Å²) in [5, 5.41) is 4.54. The average Bonchev–Trinajstić information content (AvgIpc) is 3.86. The van der Waals surface area contributed by atoms with Crippen molar-refractivity contribution >= 4 is 53.3 Å². The van der Waals surface area contributed by atoms with Crippen LogP contribution in [0.1, 0.15) is 6.85 Å². The monoisotopic (exact) mass is 737 g/mol. The molecule has 8 aromatic carbocycles. The summed E-state index contributed by atoms with van der Waals surface area (Å²) in [5.74, 6) is 1.36. The molecule has 0 aliphatic heterocycles. The van der Waals surface area contributed by atoms with Crippen LogP contribution in [0.3, 0.4) is 0 Å². The lowest BCUT2D eigenvalue weighted by Crippen LogP contribution is -2.01. The highest BCUT2D eigenvalue weighted by atomic mass is 32.1. The molecule has 0 unspecified atom stereocenters. The van der Waals surface area contributed by atoms with Gasteiger partial charge in [0.15, 0.2) is 17.5 Å². The van der Waals surface area contributed by atoms with Crippen LogP contribution in [0.2, 0.25) is 0 Å². The lowest BCUT2D eigenvalue weighted by Gasteiger charge is -2.13. The Labute approximate surface area is 334 Å². The molecule has 3 aromatic heterocycles. The molecule has 262 valence electrons. The minimum absolute atomic E-state index is 0.117. The Bertz CT molecular complexity index is 3470. The van der Waals surface area contributed by atoms with Crippen LogP contribution in [0, 0.1) is 0 Å². The van der Waals surface area contributed by atoms with Crippen molar-refractivity contribution in [2.24, 2.45) is 0 Å². The molecule has 4 nitrogen and oxygen atoms in total. The van der Waals surface area contributed by atoms with Crippen LogP contribution in [0.5, 0.6) is 0 Å². The number of rotatable bonds is 6. The molecule has 0 atom stereocenters. The quantitative estimate of drug-likeness (QED) is 0.171. The number of thiophene rings is 1. The number of para-hydroxylation sites is 2. The molecule has 5 heteroatoms. The summed E-state index contributed by atoms with van der Waals surface area (Å²) in [6, 6.07) is 53.8. The predicted octanol–water partition coefficient (Wildman–Crippen LogP) is 13.7. The van der Waals surface area contributed by atoms with Gasteiger partial charge in [-0.05, 0) is 58.7 Å². The third-order valence-electron chi connectivity index (χ3n) is 10.3. The van der Waals surface area contributed by atoms with Crippen molar-refractivity contribution in [2.75, 3.05) is 0 Å². The molecule has 0 spiro atoms. The molecule has 0 bridgehead atoms. The smallest absolute Gasteiger partial charge is 0.165 e. The van der Waals surface area contributed by atoms with Gasteiger partial charge in [-0.25, -0.2) is 15.0 Å². The van der Waals surface area contributed by atoms with E-state index in [1.807, 2.05) is 42.5 Å². The van der Waals surface area contributed by atoms with E-state index in [4.69, 9.17) is 21.8 Å². The van der Waals surface area contributed by atoms with Gasteiger partial charge in [-0.15, -0.1) is 11.3 Å². The van der Waals surface area contributed by atoms with Gasteiger partial charge in [0.2, 0.25) is 0 Å². The van der Waals surface area contributed by atoms with E-state index in [-0.39, 0.29) is 29.7 Å². The fourth-order valence-corrected chi connectivity index (χ4v) is 8.95. The molecule has 0 amide bonds. The second-order valence-corrected chi connectivity index (χ2v) is 14.7. The fraction of sp³-hybridized carbons (Fsp3) is 0. The maximum atomic E-state index is 8.69. The highest BCUT2D eigenvalue weighted by Gasteiger charge is 2.21. The number of hydrogen-bond donors (Lipinski definition) is 0. The fourth-order valence-electron chi connectivity index (χ4n) is 7.72. The van der Waals surface area contributed by atoms with Gasteiger partial charge in [0, 0.05) is 53.3 Å². The van der Waals surface area contributed by atoms with E-state index in [1.165, 1.54) is 0 Å². The zero-order chi connectivity index (χ0) is 41.4. The van der Waals surface area contributed by atoms with Gasteiger partial charge < -0.3 is 4.57 Å². The first-order valence-corrected chi connectivity index (χ1v) is 19.2. The van der Waals surface area contributed by atoms with Crippen LogP contribution in [0.4, 0.5) is 0 Å². The second-order valence-electron chi connectivity index (χ2n) is 13.7. The molecule has 56 heavy (non-hydrogen) atoms. The normalized spacial score (nSPS) is 12.8. The highest BCUT2D eigenvalue weighted by molar-refractivity contribution is 7.26. The van der Waals surface area contributed by atoms with E-state index in [2.05, 4.69) is 108 Å². The van der Waals surface area contributed by atoms with E-state index in [1.54, 1.807) is 29.5 Å². The number of benzene rings is 8. The predicted molar refractivity (Wildman–Crippen MR) is 234 cm³/mol. The van der Waals surface area contributed by atoms with Crippen molar-refractivity contribution in [3.63, 3.8) is 0 Å². The Kier molecular flexibility index (Phi) is 6.49. The minimum Gasteiger partial charge on any atom is -0.309 e. The second kappa shape index (κ2) is 13.3. The van der Waals surface area contributed by atoms with Crippen LogP contribution in [0.25, 0.3) is 104 Å². The van der Waals surface area contributed by atoms with Crippen LogP contribution in [-0.2, 0) is 0 Å². The maximum absolute atomic E-state index is 8.69. The summed E-state index contributed by atoms with van der Waals surface area (Å²) in [5.41, 5.74) is 8.29. The van der Waals surface area contributed by atoms with Crippen molar-refractivity contribution in [2.45, 2.75) is 0 Å². The van der Waals surface area contributed by atoms with Crippen molar-refractivity contribution in [3.05, 3.63) is 194 Å². The van der Waals surface area contributed by atoms with Crippen molar-refractivity contribution < 1.29 is 6.85 Å². The Morgan fingerprint density at radius 3 is 1.73 bits per heavy atom. The van der Waals surface area contributed by atoms with Crippen LogP contribution >= 0.6 is 11.3 Å². The van der Waals surface area contributed by atoms with E-state index >= 15 is 0 Å². The Hall–Kier alpha value is -7.21. The molecule has 0 aliphatic rings. The summed E-state index contributed by atoms with van der Waals surface area (Å²) >= 11 is 1.71. The lowest BCUT2D eigenvalue weighted by molar-refractivity contribution is 1.07. The Balaban J connectivity index is 1.19. The third kappa shape index (κ3) is 5.48. The number of hydrogen-bond acceptors (Lipinski definition) is 4. The SMILES string of the molecule is [2H]c1c([2H])c([2H])c(-c2cccc(-c3nc(-c4ccccc4)nc(-c4cc(-n5c6ccccc6c6ccccc65)cc5c4sc4cc(-c6ccccc6)ccc45)n3)c2)c([2H])c1[2H]. The summed E-state index contributed by atoms with van der Waals surface area (Å²) < 4.78 is 46.7. The topological polar surface area (TPSA) is 43.6 Å². The first kappa shape index (κ1) is 27.4. The molecule has 0 N–H and O–H groups in total. The summed E-state index contributed by atoms with van der Waals surface area (Å²) in [6.45, 7) is 0.